The molecule has 0 aliphatic carbocycles. The molecule has 0 saturated carbocycles. The number of carbonyl (C=O) groups is 2. The van der Waals surface area contributed by atoms with E-state index in [1.807, 2.05) is 27.1 Å². The predicted molar refractivity (Wildman–Crippen MR) is 148 cm³/mol. The molecule has 0 spiro atoms. The van der Waals surface area contributed by atoms with Gasteiger partial charge in [0.1, 0.15) is 17.9 Å². The van der Waals surface area contributed by atoms with Crippen LogP contribution in [0.5, 0.6) is 0 Å². The van der Waals surface area contributed by atoms with Crippen LogP contribution in [0.3, 0.4) is 0 Å². The van der Waals surface area contributed by atoms with Gasteiger partial charge in [0, 0.05) is 50.5 Å². The fourth-order valence-electron chi connectivity index (χ4n) is 5.43. The van der Waals surface area contributed by atoms with E-state index in [-0.39, 0.29) is 24.8 Å². The molecule has 2 fully saturated rings. The zero-order chi connectivity index (χ0) is 27.8. The van der Waals surface area contributed by atoms with Gasteiger partial charge in [0.2, 0.25) is 0 Å². The maximum absolute atomic E-state index is 14.7. The quantitative estimate of drug-likeness (QED) is 0.378. The van der Waals surface area contributed by atoms with Gasteiger partial charge in [-0.25, -0.2) is 14.2 Å². The lowest BCUT2D eigenvalue weighted by Crippen LogP contribution is -2.62. The summed E-state index contributed by atoms with van der Waals surface area (Å²) in [7, 11) is 1.86. The van der Waals surface area contributed by atoms with E-state index in [2.05, 4.69) is 10.3 Å². The van der Waals surface area contributed by atoms with Crippen molar-refractivity contribution in [3.8, 4) is 0 Å². The third kappa shape index (κ3) is 5.01. The summed E-state index contributed by atoms with van der Waals surface area (Å²) in [6.07, 6.45) is 1.65. The molecular weight excluding hydrogens is 543 g/mol. The van der Waals surface area contributed by atoms with Gasteiger partial charge in [-0.3, -0.25) is 14.7 Å². The van der Waals surface area contributed by atoms with Crippen molar-refractivity contribution in [2.24, 2.45) is 4.99 Å². The third-order valence-electron chi connectivity index (χ3n) is 7.29. The molecule has 0 amide bonds. The number of likely N-dealkylation sites (N-methyl/N-ethyl adjacent to an activating group) is 1. The minimum absolute atomic E-state index is 0.112. The van der Waals surface area contributed by atoms with Gasteiger partial charge in [-0.2, -0.15) is 0 Å². The van der Waals surface area contributed by atoms with Gasteiger partial charge in [0.15, 0.2) is 16.0 Å². The molecule has 0 bridgehead atoms. The van der Waals surface area contributed by atoms with Gasteiger partial charge >= 0.3 is 11.9 Å². The second-order valence-corrected chi connectivity index (χ2v) is 10.8. The maximum Gasteiger partial charge on any atom is 0.338 e. The van der Waals surface area contributed by atoms with Crippen molar-refractivity contribution in [3.05, 3.63) is 63.0 Å². The van der Waals surface area contributed by atoms with Crippen LogP contribution in [0.15, 0.2) is 46.0 Å². The minimum Gasteiger partial charge on any atom is -0.480 e. The molecule has 5 rings (SSSR count). The number of amidine groups is 1. The Morgan fingerprint density at radius 2 is 2.13 bits per heavy atom. The van der Waals surface area contributed by atoms with Crippen LogP contribution in [0.4, 0.5) is 4.39 Å². The van der Waals surface area contributed by atoms with E-state index in [1.165, 1.54) is 17.4 Å². The van der Waals surface area contributed by atoms with Crippen LogP contribution in [0.1, 0.15) is 29.1 Å². The number of aliphatic imine (C=N–C) groups is 1. The molecular formula is C26H29FN6O4S2. The molecule has 1 aromatic heterocycles. The SMILES string of the molecule is CCOC(=O)C1=C(CN2CCN3C(=S)N(C)CC3C2C(=O)O)NC(c2nccs2)=N[C@H]1c1cccc(F)c1C. The Morgan fingerprint density at radius 1 is 1.33 bits per heavy atom. The van der Waals surface area contributed by atoms with Crippen molar-refractivity contribution in [2.75, 3.05) is 39.8 Å². The first kappa shape index (κ1) is 27.2. The highest BCUT2D eigenvalue weighted by Gasteiger charge is 2.47. The van der Waals surface area contributed by atoms with Crippen LogP contribution in [0.25, 0.3) is 0 Å². The summed E-state index contributed by atoms with van der Waals surface area (Å²) in [6, 6.07) is 2.61. The Labute approximate surface area is 234 Å². The Bertz CT molecular complexity index is 1360. The number of piperazine rings is 1. The van der Waals surface area contributed by atoms with E-state index in [4.69, 9.17) is 21.9 Å². The van der Waals surface area contributed by atoms with Crippen molar-refractivity contribution in [1.82, 2.24) is 25.0 Å². The Morgan fingerprint density at radius 3 is 2.82 bits per heavy atom. The molecule has 2 aromatic rings. The van der Waals surface area contributed by atoms with Crippen LogP contribution >= 0.6 is 23.6 Å². The summed E-state index contributed by atoms with van der Waals surface area (Å²) < 4.78 is 20.1. The number of thiazole rings is 1. The first-order valence-electron chi connectivity index (χ1n) is 12.6. The number of fused-ring (bicyclic) bond motifs is 1. The van der Waals surface area contributed by atoms with Gasteiger partial charge < -0.3 is 25.0 Å². The molecule has 2 saturated heterocycles. The molecule has 3 atom stereocenters. The summed E-state index contributed by atoms with van der Waals surface area (Å²) in [4.78, 5) is 40.9. The number of ether oxygens (including phenoxy) is 1. The Kier molecular flexibility index (Phi) is 7.65. The molecule has 0 radical (unpaired) electrons. The highest BCUT2D eigenvalue weighted by Crippen LogP contribution is 2.36. The number of esters is 1. The summed E-state index contributed by atoms with van der Waals surface area (Å²) in [5, 5.41) is 16.6. The zero-order valence-electron chi connectivity index (χ0n) is 21.8. The van der Waals surface area contributed by atoms with Crippen molar-refractivity contribution >= 4 is 46.4 Å². The first-order valence-corrected chi connectivity index (χ1v) is 13.9. The highest BCUT2D eigenvalue weighted by atomic mass is 32.1. The molecule has 10 nitrogen and oxygen atoms in total. The predicted octanol–water partition coefficient (Wildman–Crippen LogP) is 2.17. The number of nitrogens with zero attached hydrogens (tertiary/aromatic N) is 5. The first-order chi connectivity index (χ1) is 18.7. The lowest BCUT2D eigenvalue weighted by atomic mass is 9.91. The molecule has 39 heavy (non-hydrogen) atoms. The molecule has 2 N–H and O–H groups in total. The van der Waals surface area contributed by atoms with Crippen molar-refractivity contribution in [2.45, 2.75) is 32.0 Å². The summed E-state index contributed by atoms with van der Waals surface area (Å²) in [5.41, 5.74) is 1.56. The number of carboxylic acid groups (broad SMARTS) is 1. The Hall–Kier alpha value is -3.42. The normalized spacial score (nSPS) is 23.4. The second kappa shape index (κ2) is 11.0. The largest absolute Gasteiger partial charge is 0.480 e. The van der Waals surface area contributed by atoms with Gasteiger partial charge in [-0.05, 0) is 43.3 Å². The van der Waals surface area contributed by atoms with E-state index in [9.17, 15) is 19.1 Å². The molecule has 13 heteroatoms. The lowest BCUT2D eigenvalue weighted by Gasteiger charge is -2.43. The second-order valence-electron chi connectivity index (χ2n) is 9.59. The monoisotopic (exact) mass is 572 g/mol. The third-order valence-corrected chi connectivity index (χ3v) is 8.62. The molecule has 1 aromatic carbocycles. The van der Waals surface area contributed by atoms with Crippen LogP contribution in [-0.2, 0) is 14.3 Å². The number of aromatic nitrogens is 1. The number of carbonyl (C=O) groups excluding carboxylic acids is 1. The van der Waals surface area contributed by atoms with Gasteiger partial charge in [0.05, 0.1) is 18.2 Å². The highest BCUT2D eigenvalue weighted by molar-refractivity contribution is 7.80. The van der Waals surface area contributed by atoms with E-state index < -0.39 is 29.8 Å². The molecule has 206 valence electrons. The number of halogens is 1. The van der Waals surface area contributed by atoms with Crippen LogP contribution in [0, 0.1) is 12.7 Å². The average Bonchev–Trinajstić information content (AvgIpc) is 3.53. The van der Waals surface area contributed by atoms with Crippen LogP contribution in [-0.4, -0.2) is 99.6 Å². The van der Waals surface area contributed by atoms with Gasteiger partial charge in [-0.15, -0.1) is 11.3 Å². The molecule has 2 unspecified atom stereocenters. The fourth-order valence-corrected chi connectivity index (χ4v) is 6.32. The number of rotatable bonds is 7. The summed E-state index contributed by atoms with van der Waals surface area (Å²) in [5.74, 6) is -1.55. The van der Waals surface area contributed by atoms with Crippen molar-refractivity contribution in [1.29, 1.82) is 0 Å². The summed E-state index contributed by atoms with van der Waals surface area (Å²) in [6.45, 7) is 5.06. The average molecular weight is 573 g/mol. The van der Waals surface area contributed by atoms with Gasteiger partial charge in [-0.1, -0.05) is 12.1 Å². The Balaban J connectivity index is 1.60. The van der Waals surface area contributed by atoms with Crippen LogP contribution in [0.2, 0.25) is 0 Å². The number of thiocarbonyl (C=S) groups is 1. The fraction of sp³-hybridized carbons (Fsp3) is 0.423. The molecule has 3 aliphatic rings. The maximum atomic E-state index is 14.7. The number of carboxylic acids is 1. The molecule has 3 aliphatic heterocycles. The van der Waals surface area contributed by atoms with Gasteiger partial charge in [0.25, 0.3) is 0 Å². The summed E-state index contributed by atoms with van der Waals surface area (Å²) >= 11 is 6.89. The lowest BCUT2D eigenvalue weighted by molar-refractivity contribution is -0.146. The number of aliphatic carboxylic acids is 1. The van der Waals surface area contributed by atoms with Crippen LogP contribution < -0.4 is 5.32 Å². The smallest absolute Gasteiger partial charge is 0.338 e. The van der Waals surface area contributed by atoms with Crippen molar-refractivity contribution in [3.63, 3.8) is 0 Å². The minimum atomic E-state index is -0.969. The standard InChI is InChI=1S/C26H29FN6O4S2/c1-4-37-25(36)19-17(12-32-9-10-33-18(21(32)24(34)35)13-31(3)26(33)38)29-22(23-28-8-11-39-23)30-20(19)15-6-5-7-16(27)14(15)2/h5-8,11,18,20-21H,4,9-10,12-13H2,1-3H3,(H,29,30)(H,34,35)/t18?,20-,21?/m0/s1. The van der Waals surface area contributed by atoms with E-state index in [0.29, 0.717) is 52.4 Å². The van der Waals surface area contributed by atoms with E-state index in [0.717, 1.165) is 0 Å². The number of benzene rings is 1. The van der Waals surface area contributed by atoms with E-state index in [1.54, 1.807) is 32.2 Å². The number of hydrogen-bond acceptors (Lipinski definition) is 9. The van der Waals surface area contributed by atoms with Crippen molar-refractivity contribution < 1.29 is 23.8 Å². The topological polar surface area (TPSA) is 111 Å². The number of nitrogens with one attached hydrogen (secondary N) is 1. The zero-order valence-corrected chi connectivity index (χ0v) is 23.4. The number of hydrogen-bond donors (Lipinski definition) is 2. The van der Waals surface area contributed by atoms with E-state index >= 15 is 0 Å². The molecule has 4 heterocycles.